The Morgan fingerprint density at radius 2 is 2.12 bits per heavy atom. The summed E-state index contributed by atoms with van der Waals surface area (Å²) in [6, 6.07) is 0. The van der Waals surface area contributed by atoms with Gasteiger partial charge in [-0.15, -0.1) is 0 Å². The molecule has 8 heavy (non-hydrogen) atoms. The Morgan fingerprint density at radius 1 is 1.62 bits per heavy atom. The molecule has 1 N–H and O–H groups in total. The zero-order valence-corrected chi connectivity index (χ0v) is 7.27. The number of carbonyl (C=O) groups is 1. The van der Waals surface area contributed by atoms with Crippen LogP contribution >= 0.6 is 31.9 Å². The summed E-state index contributed by atoms with van der Waals surface area (Å²) in [5.74, 6) is -0.193. The fourth-order valence-corrected chi connectivity index (χ4v) is 0.910. The fraction of sp³-hybridized carbons (Fsp3) is 0.750. The maximum atomic E-state index is 10.4. The van der Waals surface area contributed by atoms with Gasteiger partial charge in [-0.1, -0.05) is 31.9 Å². The minimum absolute atomic E-state index is 0.193. The van der Waals surface area contributed by atoms with Crippen molar-refractivity contribution < 1.29 is 9.90 Å². The van der Waals surface area contributed by atoms with Crippen LogP contribution in [0.1, 0.15) is 0 Å². The van der Waals surface area contributed by atoms with E-state index in [0.29, 0.717) is 5.33 Å². The van der Waals surface area contributed by atoms with E-state index in [1.807, 2.05) is 0 Å². The average molecular weight is 246 g/mol. The molecule has 0 radical (unpaired) electrons. The number of Topliss-reactive ketones (excluding diaryl/α,β-unsaturated/α-hetero) is 1. The van der Waals surface area contributed by atoms with E-state index in [4.69, 9.17) is 5.11 Å². The molecule has 0 spiro atoms. The van der Waals surface area contributed by atoms with E-state index in [0.717, 1.165) is 0 Å². The van der Waals surface area contributed by atoms with Crippen molar-refractivity contribution in [2.75, 3.05) is 10.7 Å². The SMILES string of the molecule is O=C(CBr)C(O)CBr. The van der Waals surface area contributed by atoms with Crippen molar-refractivity contribution >= 4 is 37.6 Å². The molecule has 1 unspecified atom stereocenters. The van der Waals surface area contributed by atoms with Gasteiger partial charge in [0.1, 0.15) is 6.10 Å². The van der Waals surface area contributed by atoms with Gasteiger partial charge in [0.15, 0.2) is 5.78 Å². The van der Waals surface area contributed by atoms with Gasteiger partial charge in [0.25, 0.3) is 0 Å². The number of halogens is 2. The molecule has 2 nitrogen and oxygen atoms in total. The van der Waals surface area contributed by atoms with Gasteiger partial charge in [0.2, 0.25) is 0 Å². The smallest absolute Gasteiger partial charge is 0.172 e. The minimum atomic E-state index is -0.852. The summed E-state index contributed by atoms with van der Waals surface area (Å²) in [4.78, 5) is 10.4. The van der Waals surface area contributed by atoms with Gasteiger partial charge in [-0.2, -0.15) is 0 Å². The molecular weight excluding hydrogens is 240 g/mol. The first-order chi connectivity index (χ1) is 3.72. The van der Waals surface area contributed by atoms with E-state index in [1.54, 1.807) is 0 Å². The van der Waals surface area contributed by atoms with Crippen LogP contribution in [0.15, 0.2) is 0 Å². The second-order valence-corrected chi connectivity index (χ2v) is 2.48. The first-order valence-corrected chi connectivity index (χ1v) is 4.29. The molecule has 0 aliphatic rings. The number of hydrogen-bond acceptors (Lipinski definition) is 2. The Labute approximate surface area is 64.5 Å². The van der Waals surface area contributed by atoms with Crippen LogP contribution in [0.5, 0.6) is 0 Å². The summed E-state index contributed by atoms with van der Waals surface area (Å²) in [7, 11) is 0. The molecule has 0 rings (SSSR count). The van der Waals surface area contributed by atoms with Gasteiger partial charge >= 0.3 is 0 Å². The molecule has 48 valence electrons. The Kier molecular flexibility index (Phi) is 4.80. The third-order valence-electron chi connectivity index (χ3n) is 0.650. The molecule has 4 heteroatoms. The van der Waals surface area contributed by atoms with Crippen LogP contribution in [0.4, 0.5) is 0 Å². The second-order valence-electron chi connectivity index (χ2n) is 1.27. The molecule has 0 amide bonds. The number of carbonyl (C=O) groups excluding carboxylic acids is 1. The number of hydrogen-bond donors (Lipinski definition) is 1. The lowest BCUT2D eigenvalue weighted by Gasteiger charge is -1.99. The molecule has 0 saturated carbocycles. The summed E-state index contributed by atoms with van der Waals surface area (Å²) < 4.78 is 0. The number of rotatable bonds is 3. The van der Waals surface area contributed by atoms with Gasteiger partial charge in [-0.05, 0) is 0 Å². The molecule has 1 atom stereocenters. The molecular formula is C4H6Br2O2. The predicted octanol–water partition coefficient (Wildman–Crippen LogP) is 0.706. The summed E-state index contributed by atoms with van der Waals surface area (Å²) in [6.07, 6.45) is -0.852. The molecule has 0 aliphatic heterocycles. The highest BCUT2D eigenvalue weighted by Crippen LogP contribution is 1.94. The van der Waals surface area contributed by atoms with E-state index < -0.39 is 6.10 Å². The summed E-state index contributed by atoms with van der Waals surface area (Å²) in [5, 5.41) is 9.24. The fourth-order valence-electron chi connectivity index (χ4n) is 0.175. The van der Waals surface area contributed by atoms with Gasteiger partial charge in [-0.25, -0.2) is 0 Å². The van der Waals surface area contributed by atoms with Crippen molar-refractivity contribution in [1.29, 1.82) is 0 Å². The van der Waals surface area contributed by atoms with Crippen LogP contribution in [-0.2, 0) is 4.79 Å². The third-order valence-corrected chi connectivity index (χ3v) is 1.82. The summed E-state index contributed by atoms with van der Waals surface area (Å²) >= 11 is 5.89. The van der Waals surface area contributed by atoms with Crippen LogP contribution in [-0.4, -0.2) is 27.7 Å². The van der Waals surface area contributed by atoms with Crippen molar-refractivity contribution in [3.63, 3.8) is 0 Å². The number of aliphatic hydroxyl groups excluding tert-OH is 1. The minimum Gasteiger partial charge on any atom is -0.384 e. The van der Waals surface area contributed by atoms with Crippen molar-refractivity contribution in [3.8, 4) is 0 Å². The first-order valence-electron chi connectivity index (χ1n) is 2.05. The van der Waals surface area contributed by atoms with E-state index >= 15 is 0 Å². The maximum Gasteiger partial charge on any atom is 0.172 e. The highest BCUT2D eigenvalue weighted by molar-refractivity contribution is 9.09. The van der Waals surface area contributed by atoms with E-state index in [2.05, 4.69) is 31.9 Å². The molecule has 0 aromatic heterocycles. The van der Waals surface area contributed by atoms with Crippen LogP contribution in [0.25, 0.3) is 0 Å². The summed E-state index contributed by atoms with van der Waals surface area (Å²) in [5.41, 5.74) is 0. The lowest BCUT2D eigenvalue weighted by Crippen LogP contribution is -2.22. The average Bonchev–Trinajstić information content (AvgIpc) is 1.84. The van der Waals surface area contributed by atoms with Crippen molar-refractivity contribution in [1.82, 2.24) is 0 Å². The lowest BCUT2D eigenvalue weighted by molar-refractivity contribution is -0.123. The molecule has 0 fully saturated rings. The zero-order valence-electron chi connectivity index (χ0n) is 4.10. The molecule has 0 bridgehead atoms. The van der Waals surface area contributed by atoms with Gasteiger partial charge in [0.05, 0.1) is 5.33 Å². The van der Waals surface area contributed by atoms with Crippen LogP contribution in [0.3, 0.4) is 0 Å². The van der Waals surface area contributed by atoms with E-state index in [1.165, 1.54) is 0 Å². The van der Waals surface area contributed by atoms with E-state index in [-0.39, 0.29) is 11.1 Å². The summed E-state index contributed by atoms with van der Waals surface area (Å²) in [6.45, 7) is 0. The van der Waals surface area contributed by atoms with Crippen molar-refractivity contribution in [2.24, 2.45) is 0 Å². The predicted molar refractivity (Wildman–Crippen MR) is 38.6 cm³/mol. The molecule has 0 aromatic rings. The topological polar surface area (TPSA) is 37.3 Å². The zero-order chi connectivity index (χ0) is 6.57. The quantitative estimate of drug-likeness (QED) is 0.744. The standard InChI is InChI=1S/C4H6Br2O2/c5-1-3(7)4(8)2-6/h3,7H,1-2H2. The third kappa shape index (κ3) is 2.79. The normalized spacial score (nSPS) is 13.4. The Hall–Kier alpha value is 0.590. The number of aliphatic hydroxyl groups is 1. The van der Waals surface area contributed by atoms with Crippen LogP contribution in [0.2, 0.25) is 0 Å². The Balaban J connectivity index is 3.46. The van der Waals surface area contributed by atoms with E-state index in [9.17, 15) is 4.79 Å². The molecule has 0 heterocycles. The lowest BCUT2D eigenvalue weighted by atomic mass is 10.3. The number of ketones is 1. The molecule has 0 aliphatic carbocycles. The largest absolute Gasteiger partial charge is 0.384 e. The van der Waals surface area contributed by atoms with Gasteiger partial charge in [0, 0.05) is 5.33 Å². The van der Waals surface area contributed by atoms with Gasteiger partial charge in [-0.3, -0.25) is 4.79 Å². The Bertz CT molecular complexity index is 84.1. The first kappa shape index (κ1) is 8.59. The Morgan fingerprint density at radius 3 is 2.25 bits per heavy atom. The van der Waals surface area contributed by atoms with Crippen LogP contribution in [0, 0.1) is 0 Å². The number of alkyl halides is 2. The highest BCUT2D eigenvalue weighted by atomic mass is 79.9. The maximum absolute atomic E-state index is 10.4. The second kappa shape index (κ2) is 4.47. The van der Waals surface area contributed by atoms with Crippen molar-refractivity contribution in [2.45, 2.75) is 6.10 Å². The highest BCUT2D eigenvalue weighted by Gasteiger charge is 2.09. The van der Waals surface area contributed by atoms with Crippen LogP contribution < -0.4 is 0 Å². The monoisotopic (exact) mass is 244 g/mol. The molecule has 0 aromatic carbocycles. The molecule has 0 saturated heterocycles. The van der Waals surface area contributed by atoms with Gasteiger partial charge < -0.3 is 5.11 Å². The van der Waals surface area contributed by atoms with Crippen molar-refractivity contribution in [3.05, 3.63) is 0 Å².